The summed E-state index contributed by atoms with van der Waals surface area (Å²) in [5.41, 5.74) is 0.0896. The summed E-state index contributed by atoms with van der Waals surface area (Å²) < 4.78 is 0. The number of carbonyl (C=O) groups is 1. The van der Waals surface area contributed by atoms with Crippen LogP contribution in [0.5, 0.6) is 0 Å². The van der Waals surface area contributed by atoms with E-state index in [-0.39, 0.29) is 28.5 Å². The van der Waals surface area contributed by atoms with Gasteiger partial charge in [0.05, 0.1) is 5.69 Å². The molecule has 1 fully saturated rings. The number of amides is 1. The quantitative estimate of drug-likeness (QED) is 0.921. The zero-order valence-corrected chi connectivity index (χ0v) is 15.7. The van der Waals surface area contributed by atoms with Crippen LogP contribution in [0.4, 0.5) is 0 Å². The highest BCUT2D eigenvalue weighted by molar-refractivity contribution is 7.99. The van der Waals surface area contributed by atoms with Crippen LogP contribution in [-0.2, 0) is 5.41 Å². The second-order valence-corrected chi connectivity index (χ2v) is 8.39. The summed E-state index contributed by atoms with van der Waals surface area (Å²) >= 11 is 1.80. The number of hydrogen-bond acceptors (Lipinski definition) is 4. The Hall–Kier alpha value is -1.30. The van der Waals surface area contributed by atoms with Crippen LogP contribution in [0, 0.1) is 6.92 Å². The minimum atomic E-state index is -0.335. The maximum atomic E-state index is 12.9. The molecule has 5 nitrogen and oxygen atoms in total. The van der Waals surface area contributed by atoms with E-state index in [0.717, 1.165) is 19.3 Å². The van der Waals surface area contributed by atoms with Gasteiger partial charge >= 0.3 is 0 Å². The molecule has 1 aliphatic rings. The zero-order valence-electron chi connectivity index (χ0n) is 14.9. The third-order valence-corrected chi connectivity index (χ3v) is 5.72. The molecule has 23 heavy (non-hydrogen) atoms. The first-order valence-electron chi connectivity index (χ1n) is 8.08. The van der Waals surface area contributed by atoms with Gasteiger partial charge in [0.2, 0.25) is 0 Å². The Morgan fingerprint density at radius 3 is 2.52 bits per heavy atom. The van der Waals surface area contributed by atoms with E-state index in [4.69, 9.17) is 0 Å². The lowest BCUT2D eigenvalue weighted by Gasteiger charge is -2.29. The van der Waals surface area contributed by atoms with Crippen molar-refractivity contribution in [2.24, 2.45) is 0 Å². The fourth-order valence-electron chi connectivity index (χ4n) is 3.14. The standard InChI is InChI=1S/C17H27N3O2S/c1-10-13(14(21)19-16(18-10)17(2,3)4)15(22)20(5)11-8-7-9-12(11)23-6/h11-12H,7-9H2,1-6H3,(H,18,19,21)/t11-,12+/m1/s1. The molecule has 6 heteroatoms. The molecule has 1 N–H and O–H groups in total. The van der Waals surface area contributed by atoms with Crippen LogP contribution in [0.1, 0.15) is 61.9 Å². The highest BCUT2D eigenvalue weighted by Crippen LogP contribution is 2.32. The Morgan fingerprint density at radius 1 is 1.35 bits per heavy atom. The van der Waals surface area contributed by atoms with Crippen LogP contribution in [0.25, 0.3) is 0 Å². The predicted molar refractivity (Wildman–Crippen MR) is 95.3 cm³/mol. The van der Waals surface area contributed by atoms with Gasteiger partial charge in [-0.2, -0.15) is 11.8 Å². The summed E-state index contributed by atoms with van der Waals surface area (Å²) in [6.07, 6.45) is 5.33. The summed E-state index contributed by atoms with van der Waals surface area (Å²) in [5, 5.41) is 0.449. The average Bonchev–Trinajstić information content (AvgIpc) is 2.92. The number of hydrogen-bond donors (Lipinski definition) is 1. The van der Waals surface area contributed by atoms with Crippen LogP contribution in [-0.4, -0.2) is 45.4 Å². The number of thioether (sulfide) groups is 1. The molecular formula is C17H27N3O2S. The van der Waals surface area contributed by atoms with Crippen molar-refractivity contribution >= 4 is 17.7 Å². The van der Waals surface area contributed by atoms with E-state index in [2.05, 4.69) is 16.2 Å². The minimum Gasteiger partial charge on any atom is -0.337 e. The molecule has 0 unspecified atom stereocenters. The van der Waals surface area contributed by atoms with Crippen molar-refractivity contribution in [3.63, 3.8) is 0 Å². The summed E-state index contributed by atoms with van der Waals surface area (Å²) in [6, 6.07) is 0.193. The molecule has 128 valence electrons. The maximum Gasteiger partial charge on any atom is 0.264 e. The molecule has 0 aliphatic heterocycles. The number of aromatic amines is 1. The molecule has 1 aliphatic carbocycles. The van der Waals surface area contributed by atoms with Crippen molar-refractivity contribution in [2.45, 2.75) is 63.7 Å². The summed E-state index contributed by atoms with van der Waals surface area (Å²) in [5.74, 6) is 0.393. The van der Waals surface area contributed by atoms with E-state index in [0.29, 0.717) is 16.8 Å². The average molecular weight is 337 g/mol. The van der Waals surface area contributed by atoms with Gasteiger partial charge in [0.25, 0.3) is 11.5 Å². The van der Waals surface area contributed by atoms with Gasteiger partial charge in [-0.15, -0.1) is 0 Å². The SMILES string of the molecule is CS[C@H]1CCC[C@H]1N(C)C(=O)c1c(C)nc(C(C)(C)C)[nH]c1=O. The van der Waals surface area contributed by atoms with E-state index < -0.39 is 0 Å². The summed E-state index contributed by atoms with van der Waals surface area (Å²) in [7, 11) is 1.80. The lowest BCUT2D eigenvalue weighted by molar-refractivity contribution is 0.0735. The number of nitrogens with zero attached hydrogens (tertiary/aromatic N) is 2. The van der Waals surface area contributed by atoms with Gasteiger partial charge in [-0.1, -0.05) is 27.2 Å². The fourth-order valence-corrected chi connectivity index (χ4v) is 4.18. The van der Waals surface area contributed by atoms with Gasteiger partial charge in [-0.25, -0.2) is 4.98 Å². The van der Waals surface area contributed by atoms with E-state index >= 15 is 0 Å². The number of aryl methyl sites for hydroxylation is 1. The topological polar surface area (TPSA) is 66.1 Å². The normalized spacial score (nSPS) is 21.5. The predicted octanol–water partition coefficient (Wildman–Crippen LogP) is 2.73. The molecule has 0 aromatic carbocycles. The molecule has 0 bridgehead atoms. The van der Waals surface area contributed by atoms with E-state index in [1.807, 2.05) is 20.8 Å². The zero-order chi connectivity index (χ0) is 17.4. The fraction of sp³-hybridized carbons (Fsp3) is 0.706. The van der Waals surface area contributed by atoms with Gasteiger partial charge in [-0.3, -0.25) is 9.59 Å². The van der Waals surface area contributed by atoms with Gasteiger partial charge in [0, 0.05) is 23.8 Å². The first-order valence-corrected chi connectivity index (χ1v) is 9.37. The second kappa shape index (κ2) is 6.67. The molecule has 1 heterocycles. The van der Waals surface area contributed by atoms with Crippen LogP contribution in [0.3, 0.4) is 0 Å². The van der Waals surface area contributed by atoms with E-state index in [9.17, 15) is 9.59 Å². The number of aromatic nitrogens is 2. The molecule has 1 amide bonds. The number of rotatable bonds is 3. The maximum absolute atomic E-state index is 12.9. The molecular weight excluding hydrogens is 310 g/mol. The molecule has 1 aromatic heterocycles. The van der Waals surface area contributed by atoms with Crippen molar-refractivity contribution in [2.75, 3.05) is 13.3 Å². The molecule has 0 saturated heterocycles. The highest BCUT2D eigenvalue weighted by Gasteiger charge is 2.34. The second-order valence-electron chi connectivity index (χ2n) is 7.31. The van der Waals surface area contributed by atoms with Crippen LogP contribution in [0.2, 0.25) is 0 Å². The van der Waals surface area contributed by atoms with E-state index in [1.165, 1.54) is 0 Å². The Bertz CT molecular complexity index is 648. The lowest BCUT2D eigenvalue weighted by atomic mass is 9.95. The van der Waals surface area contributed by atoms with Crippen molar-refractivity contribution in [3.8, 4) is 0 Å². The summed E-state index contributed by atoms with van der Waals surface area (Å²) in [4.78, 5) is 34.3. The third-order valence-electron chi connectivity index (χ3n) is 4.56. The van der Waals surface area contributed by atoms with Gasteiger partial charge < -0.3 is 9.88 Å². The Balaban J connectivity index is 2.35. The van der Waals surface area contributed by atoms with Crippen LogP contribution >= 0.6 is 11.8 Å². The van der Waals surface area contributed by atoms with Crippen molar-refractivity contribution < 1.29 is 4.79 Å². The van der Waals surface area contributed by atoms with Crippen molar-refractivity contribution in [1.29, 1.82) is 0 Å². The smallest absolute Gasteiger partial charge is 0.264 e. The monoisotopic (exact) mass is 337 g/mol. The van der Waals surface area contributed by atoms with Gasteiger partial charge in [0.1, 0.15) is 11.4 Å². The van der Waals surface area contributed by atoms with Crippen molar-refractivity contribution in [3.05, 3.63) is 27.4 Å². The molecule has 2 atom stereocenters. The first kappa shape index (κ1) is 18.0. The lowest BCUT2D eigenvalue weighted by Crippen LogP contribution is -2.43. The van der Waals surface area contributed by atoms with Crippen LogP contribution < -0.4 is 5.56 Å². The van der Waals surface area contributed by atoms with Crippen molar-refractivity contribution in [1.82, 2.24) is 14.9 Å². The van der Waals surface area contributed by atoms with E-state index in [1.54, 1.807) is 30.6 Å². The summed E-state index contributed by atoms with van der Waals surface area (Å²) in [6.45, 7) is 7.70. The Labute approximate surface area is 142 Å². The largest absolute Gasteiger partial charge is 0.337 e. The number of carbonyl (C=O) groups excluding carboxylic acids is 1. The molecule has 1 saturated carbocycles. The van der Waals surface area contributed by atoms with Gasteiger partial charge in [0.15, 0.2) is 0 Å². The molecule has 0 radical (unpaired) electrons. The Kier molecular flexibility index (Phi) is 5.23. The highest BCUT2D eigenvalue weighted by atomic mass is 32.2. The minimum absolute atomic E-state index is 0.173. The first-order chi connectivity index (χ1) is 10.7. The number of nitrogens with one attached hydrogen (secondary N) is 1. The molecule has 1 aromatic rings. The number of H-pyrrole nitrogens is 1. The van der Waals surface area contributed by atoms with Gasteiger partial charge in [-0.05, 0) is 26.0 Å². The third kappa shape index (κ3) is 3.62. The molecule has 0 spiro atoms. The van der Waals surface area contributed by atoms with Crippen LogP contribution in [0.15, 0.2) is 4.79 Å². The molecule has 2 rings (SSSR count). The Morgan fingerprint density at radius 2 is 2.00 bits per heavy atom.